The van der Waals surface area contributed by atoms with E-state index in [2.05, 4.69) is 20.8 Å². The van der Waals surface area contributed by atoms with Crippen LogP contribution in [0.5, 0.6) is 0 Å². The second kappa shape index (κ2) is 2.87. The van der Waals surface area contributed by atoms with Crippen molar-refractivity contribution in [3.8, 4) is 0 Å². The van der Waals surface area contributed by atoms with Crippen LogP contribution in [-0.2, 0) is 9.53 Å². The summed E-state index contributed by atoms with van der Waals surface area (Å²) in [6.45, 7) is 6.98. The predicted molar refractivity (Wildman–Crippen MR) is 64.8 cm³/mol. The van der Waals surface area contributed by atoms with Crippen molar-refractivity contribution < 1.29 is 9.53 Å². The summed E-state index contributed by atoms with van der Waals surface area (Å²) >= 11 is 1.72. The Morgan fingerprint density at radius 2 is 2.19 bits per heavy atom. The van der Waals surface area contributed by atoms with E-state index in [1.807, 2.05) is 5.41 Å². The maximum atomic E-state index is 11.5. The van der Waals surface area contributed by atoms with Gasteiger partial charge in [0.15, 0.2) is 4.93 Å². The molecule has 2 fully saturated rings. The van der Waals surface area contributed by atoms with Crippen LogP contribution in [0.2, 0.25) is 0 Å². The van der Waals surface area contributed by atoms with E-state index >= 15 is 0 Å². The Bertz CT molecular complexity index is 387. The van der Waals surface area contributed by atoms with Gasteiger partial charge in [0.2, 0.25) is 0 Å². The van der Waals surface area contributed by atoms with E-state index in [1.54, 1.807) is 11.8 Å². The van der Waals surface area contributed by atoms with Crippen LogP contribution in [0.1, 0.15) is 40.0 Å². The fourth-order valence-electron chi connectivity index (χ4n) is 3.94. The number of hydrogen-bond donors (Lipinski definition) is 0. The monoisotopic (exact) mass is 238 g/mol. The molecule has 0 radical (unpaired) electrons. The van der Waals surface area contributed by atoms with Gasteiger partial charge in [0, 0.05) is 17.9 Å². The molecule has 1 heterocycles. The topological polar surface area (TPSA) is 26.3 Å². The van der Waals surface area contributed by atoms with Gasteiger partial charge in [-0.25, -0.2) is 4.79 Å². The van der Waals surface area contributed by atoms with Crippen molar-refractivity contribution in [3.63, 3.8) is 0 Å². The highest BCUT2D eigenvalue weighted by molar-refractivity contribution is 8.03. The van der Waals surface area contributed by atoms with Crippen molar-refractivity contribution in [3.05, 3.63) is 11.5 Å². The van der Waals surface area contributed by atoms with E-state index < -0.39 is 0 Å². The summed E-state index contributed by atoms with van der Waals surface area (Å²) in [6, 6.07) is 0. The minimum atomic E-state index is -0.286. The smallest absolute Gasteiger partial charge is 0.332 e. The number of carbonyl (C=O) groups is 1. The molecular weight excluding hydrogens is 220 g/mol. The number of fused-ring (bicyclic) bond motifs is 3. The molecule has 1 spiro atoms. The van der Waals surface area contributed by atoms with Crippen molar-refractivity contribution in [1.29, 1.82) is 0 Å². The van der Waals surface area contributed by atoms with Gasteiger partial charge in [0.25, 0.3) is 0 Å². The van der Waals surface area contributed by atoms with Gasteiger partial charge in [-0.3, -0.25) is 0 Å². The van der Waals surface area contributed by atoms with E-state index in [0.29, 0.717) is 5.92 Å². The van der Waals surface area contributed by atoms with Gasteiger partial charge in [-0.05, 0) is 29.6 Å². The molecular formula is C13H18O2S. The molecule has 0 amide bonds. The molecule has 16 heavy (non-hydrogen) atoms. The molecule has 0 aromatic carbocycles. The van der Waals surface area contributed by atoms with Crippen LogP contribution in [0.15, 0.2) is 11.5 Å². The van der Waals surface area contributed by atoms with E-state index in [4.69, 9.17) is 4.74 Å². The molecule has 88 valence electrons. The van der Waals surface area contributed by atoms with Crippen molar-refractivity contribution in [2.45, 2.75) is 45.0 Å². The molecule has 1 aliphatic heterocycles. The minimum absolute atomic E-state index is 0.121. The zero-order valence-corrected chi connectivity index (χ0v) is 10.9. The third kappa shape index (κ3) is 0.987. The summed E-state index contributed by atoms with van der Waals surface area (Å²) in [5.74, 6) is 0.535. The highest BCUT2D eigenvalue weighted by atomic mass is 32.2. The molecule has 0 aromatic rings. The molecule has 3 unspecified atom stereocenters. The number of hydrogen-bond acceptors (Lipinski definition) is 3. The van der Waals surface area contributed by atoms with Gasteiger partial charge in [-0.15, -0.1) is 0 Å². The summed E-state index contributed by atoms with van der Waals surface area (Å²) in [7, 11) is 0. The van der Waals surface area contributed by atoms with Crippen LogP contribution in [0.3, 0.4) is 0 Å². The number of rotatable bonds is 0. The standard InChI is InChI=1S/C13H18O2S/c1-11(2)9-4-6-12(11,3)13(8-9)15-10(14)5-7-16-13/h5,7,9H,4,6,8H2,1-3H3. The van der Waals surface area contributed by atoms with Gasteiger partial charge in [-0.1, -0.05) is 32.5 Å². The number of carbonyl (C=O) groups excluding carboxylic acids is 1. The average Bonchev–Trinajstić information content (AvgIpc) is 2.50. The van der Waals surface area contributed by atoms with Gasteiger partial charge in [0.1, 0.15) is 0 Å². The second-order valence-electron chi connectivity index (χ2n) is 6.09. The lowest BCUT2D eigenvalue weighted by molar-refractivity contribution is -0.156. The highest BCUT2D eigenvalue weighted by Crippen LogP contribution is 2.74. The lowest BCUT2D eigenvalue weighted by atomic mass is 9.69. The Labute approximate surface area is 101 Å². The Kier molecular flexibility index (Phi) is 1.92. The average molecular weight is 238 g/mol. The Morgan fingerprint density at radius 3 is 2.69 bits per heavy atom. The van der Waals surface area contributed by atoms with Crippen molar-refractivity contribution in [1.82, 2.24) is 0 Å². The zero-order valence-electron chi connectivity index (χ0n) is 10.1. The summed E-state index contributed by atoms with van der Waals surface area (Å²) < 4.78 is 5.74. The Morgan fingerprint density at radius 1 is 1.44 bits per heavy atom. The second-order valence-corrected chi connectivity index (χ2v) is 7.26. The summed E-state index contributed by atoms with van der Waals surface area (Å²) in [5, 5.41) is 1.92. The molecule has 3 heteroatoms. The first kappa shape index (κ1) is 10.7. The minimum Gasteiger partial charge on any atom is -0.444 e. The van der Waals surface area contributed by atoms with Crippen LogP contribution >= 0.6 is 11.8 Å². The molecule has 2 nitrogen and oxygen atoms in total. The molecule has 0 aromatic heterocycles. The Hall–Kier alpha value is -0.440. The third-order valence-electron chi connectivity index (χ3n) is 5.52. The van der Waals surface area contributed by atoms with Crippen molar-refractivity contribution in [2.24, 2.45) is 16.7 Å². The largest absolute Gasteiger partial charge is 0.444 e. The maximum absolute atomic E-state index is 11.5. The number of esters is 1. The molecule has 2 aliphatic carbocycles. The van der Waals surface area contributed by atoms with Gasteiger partial charge < -0.3 is 4.74 Å². The van der Waals surface area contributed by atoms with Gasteiger partial charge in [-0.2, -0.15) is 0 Å². The number of ether oxygens (including phenoxy) is 1. The predicted octanol–water partition coefficient (Wildman–Crippen LogP) is 3.33. The van der Waals surface area contributed by atoms with E-state index in [1.165, 1.54) is 18.9 Å². The van der Waals surface area contributed by atoms with Gasteiger partial charge >= 0.3 is 5.97 Å². The van der Waals surface area contributed by atoms with Crippen LogP contribution in [-0.4, -0.2) is 10.9 Å². The first-order chi connectivity index (χ1) is 7.41. The quantitative estimate of drug-likeness (QED) is 0.605. The molecule has 0 N–H and O–H groups in total. The molecule has 0 saturated heterocycles. The van der Waals surface area contributed by atoms with E-state index in [0.717, 1.165) is 6.42 Å². The molecule has 3 rings (SSSR count). The SMILES string of the molecule is CC1(C)C2CCC1(C)C1(C2)OC(=O)C=CS1. The van der Waals surface area contributed by atoms with Crippen LogP contribution in [0.25, 0.3) is 0 Å². The van der Waals surface area contributed by atoms with Crippen molar-refractivity contribution >= 4 is 17.7 Å². The Balaban J connectivity index is 2.06. The third-order valence-corrected chi connectivity index (χ3v) is 6.87. The molecule has 3 atom stereocenters. The fraction of sp³-hybridized carbons (Fsp3) is 0.769. The van der Waals surface area contributed by atoms with Gasteiger partial charge in [0.05, 0.1) is 0 Å². The maximum Gasteiger partial charge on any atom is 0.332 e. The summed E-state index contributed by atoms with van der Waals surface area (Å²) in [4.78, 5) is 11.2. The fourth-order valence-corrected chi connectivity index (χ4v) is 5.39. The van der Waals surface area contributed by atoms with Crippen molar-refractivity contribution in [2.75, 3.05) is 0 Å². The lowest BCUT2D eigenvalue weighted by Gasteiger charge is -2.47. The molecule has 3 aliphatic rings. The summed E-state index contributed by atoms with van der Waals surface area (Å²) in [6.07, 6.45) is 5.03. The first-order valence-corrected chi connectivity index (χ1v) is 6.87. The van der Waals surface area contributed by atoms with Crippen LogP contribution < -0.4 is 0 Å². The first-order valence-electron chi connectivity index (χ1n) is 5.99. The molecule has 2 bridgehead atoms. The van der Waals surface area contributed by atoms with Crippen LogP contribution in [0.4, 0.5) is 0 Å². The van der Waals surface area contributed by atoms with E-state index in [9.17, 15) is 4.79 Å². The normalized spacial score (nSPS) is 48.7. The highest BCUT2D eigenvalue weighted by Gasteiger charge is 2.71. The number of thioether (sulfide) groups is 1. The molecule has 2 saturated carbocycles. The summed E-state index contributed by atoms with van der Waals surface area (Å²) in [5.41, 5.74) is 0.404. The van der Waals surface area contributed by atoms with E-state index in [-0.39, 0.29) is 21.7 Å². The van der Waals surface area contributed by atoms with Crippen LogP contribution in [0, 0.1) is 16.7 Å². The zero-order chi connectivity index (χ0) is 11.6. The lowest BCUT2D eigenvalue weighted by Crippen LogP contribution is -2.48.